The van der Waals surface area contributed by atoms with E-state index in [1.165, 1.54) is 22.0 Å². The molecule has 5 nitrogen and oxygen atoms in total. The van der Waals surface area contributed by atoms with Gasteiger partial charge in [0, 0.05) is 31.2 Å². The number of hydrogen-bond donors (Lipinski definition) is 0. The summed E-state index contributed by atoms with van der Waals surface area (Å²) in [5, 5.41) is 0. The molecule has 2 aliphatic heterocycles. The van der Waals surface area contributed by atoms with Crippen molar-refractivity contribution in [2.45, 2.75) is 49.8 Å². The third-order valence-corrected chi connectivity index (χ3v) is 8.84. The fraction of sp³-hybridized carbons (Fsp3) is 0.458. The molecule has 0 atom stereocenters. The lowest BCUT2D eigenvalue weighted by molar-refractivity contribution is -0.123. The zero-order chi connectivity index (χ0) is 21.6. The molecule has 0 bridgehead atoms. The normalized spacial score (nSPS) is 19.8. The second kappa shape index (κ2) is 8.02. The number of carbonyl (C=O) groups excluding carboxylic acids is 1. The average molecular weight is 443 g/mol. The van der Waals surface area contributed by atoms with Crippen LogP contribution in [0, 0.1) is 11.7 Å². The number of carbonyl (C=O) groups is 1. The van der Waals surface area contributed by atoms with Crippen molar-refractivity contribution >= 4 is 21.6 Å². The quantitative estimate of drug-likeness (QED) is 0.729. The number of fused-ring (bicyclic) bond motifs is 2. The Morgan fingerprint density at radius 1 is 0.871 bits per heavy atom. The van der Waals surface area contributed by atoms with Crippen LogP contribution in [0.25, 0.3) is 0 Å². The molecule has 0 unspecified atom stereocenters. The van der Waals surface area contributed by atoms with Crippen molar-refractivity contribution in [1.82, 2.24) is 4.31 Å². The fourth-order valence-electron chi connectivity index (χ4n) is 5.20. The first-order valence-electron chi connectivity index (χ1n) is 11.2. The van der Waals surface area contributed by atoms with E-state index in [9.17, 15) is 17.6 Å². The van der Waals surface area contributed by atoms with Crippen LogP contribution in [-0.2, 0) is 34.1 Å². The van der Waals surface area contributed by atoms with Crippen molar-refractivity contribution < 1.29 is 17.6 Å². The van der Waals surface area contributed by atoms with Gasteiger partial charge in [-0.3, -0.25) is 4.79 Å². The molecule has 1 saturated heterocycles. The molecule has 2 aromatic carbocycles. The smallest absolute Gasteiger partial charge is 0.243 e. The zero-order valence-corrected chi connectivity index (χ0v) is 18.3. The first-order chi connectivity index (χ1) is 14.9. The number of rotatable bonds is 3. The maximum atomic E-state index is 13.8. The van der Waals surface area contributed by atoms with Gasteiger partial charge in [0.25, 0.3) is 0 Å². The molecule has 3 aliphatic rings. The minimum Gasteiger partial charge on any atom is -0.312 e. The maximum Gasteiger partial charge on any atom is 0.243 e. The molecule has 5 rings (SSSR count). The Morgan fingerprint density at radius 2 is 1.58 bits per heavy atom. The Labute approximate surface area is 182 Å². The lowest BCUT2D eigenvalue weighted by Gasteiger charge is -2.36. The van der Waals surface area contributed by atoms with Crippen molar-refractivity contribution in [3.63, 3.8) is 0 Å². The van der Waals surface area contributed by atoms with Crippen molar-refractivity contribution in [3.05, 3.63) is 58.9 Å². The van der Waals surface area contributed by atoms with Gasteiger partial charge < -0.3 is 4.90 Å². The van der Waals surface area contributed by atoms with E-state index in [1.807, 2.05) is 12.1 Å². The number of amides is 1. The van der Waals surface area contributed by atoms with Gasteiger partial charge in [0.1, 0.15) is 5.82 Å². The Hall–Kier alpha value is -2.25. The summed E-state index contributed by atoms with van der Waals surface area (Å²) in [7, 11) is -3.55. The highest BCUT2D eigenvalue weighted by Gasteiger charge is 2.35. The molecule has 1 aliphatic carbocycles. The van der Waals surface area contributed by atoms with Crippen LogP contribution in [0.4, 0.5) is 10.1 Å². The van der Waals surface area contributed by atoms with Crippen LogP contribution in [0.15, 0.2) is 41.3 Å². The van der Waals surface area contributed by atoms with Gasteiger partial charge in [0.2, 0.25) is 15.9 Å². The van der Waals surface area contributed by atoms with E-state index in [1.54, 1.807) is 17.0 Å². The number of sulfonamides is 1. The lowest BCUT2D eigenvalue weighted by atomic mass is 9.94. The van der Waals surface area contributed by atoms with Crippen molar-refractivity contribution in [3.8, 4) is 0 Å². The SMILES string of the molecule is O=C(C1CCN(S(=O)(=O)c2ccc3c(c2)CCC3)CC1)N1CCCc2ccc(F)cc21. The zero-order valence-electron chi connectivity index (χ0n) is 17.5. The van der Waals surface area contributed by atoms with Crippen LogP contribution in [-0.4, -0.2) is 38.3 Å². The molecular formula is C24H27FN2O3S. The Bertz CT molecular complexity index is 1120. The standard InChI is InChI=1S/C24H27FN2O3S/c25-21-8-6-18-5-2-12-27(23(18)16-21)24(28)19-10-13-26(14-11-19)31(29,30)22-9-7-17-3-1-4-20(17)15-22/h6-9,15-16,19H,1-5,10-14H2. The first-order valence-corrected chi connectivity index (χ1v) is 12.6. The molecule has 2 heterocycles. The van der Waals surface area contributed by atoms with Gasteiger partial charge in [-0.05, 0) is 85.9 Å². The number of anilines is 1. The van der Waals surface area contributed by atoms with Crippen LogP contribution < -0.4 is 4.90 Å². The second-order valence-corrected chi connectivity index (χ2v) is 10.8. The summed E-state index contributed by atoms with van der Waals surface area (Å²) >= 11 is 0. The van der Waals surface area contributed by atoms with E-state index in [-0.39, 0.29) is 17.6 Å². The molecule has 1 fully saturated rings. The third kappa shape index (κ3) is 3.78. The van der Waals surface area contributed by atoms with Crippen LogP contribution in [0.3, 0.4) is 0 Å². The van der Waals surface area contributed by atoms with Gasteiger partial charge in [-0.25, -0.2) is 12.8 Å². The third-order valence-electron chi connectivity index (χ3n) is 6.94. The van der Waals surface area contributed by atoms with Gasteiger partial charge in [-0.1, -0.05) is 12.1 Å². The topological polar surface area (TPSA) is 57.7 Å². The van der Waals surface area contributed by atoms with Crippen LogP contribution in [0.5, 0.6) is 0 Å². The van der Waals surface area contributed by atoms with E-state index in [0.29, 0.717) is 43.1 Å². The lowest BCUT2D eigenvalue weighted by Crippen LogP contribution is -2.45. The number of aryl methyl sites for hydroxylation is 3. The molecular weight excluding hydrogens is 415 g/mol. The second-order valence-electron chi connectivity index (χ2n) is 8.83. The molecule has 0 aromatic heterocycles. The molecule has 0 N–H and O–H groups in total. The molecule has 7 heteroatoms. The van der Waals surface area contributed by atoms with E-state index in [4.69, 9.17) is 0 Å². The Balaban J connectivity index is 1.29. The van der Waals surface area contributed by atoms with Crippen molar-refractivity contribution in [2.75, 3.05) is 24.5 Å². The van der Waals surface area contributed by atoms with Gasteiger partial charge >= 0.3 is 0 Å². The summed E-state index contributed by atoms with van der Waals surface area (Å²) in [5.41, 5.74) is 4.06. The number of piperidine rings is 1. The number of halogens is 1. The Kier molecular flexibility index (Phi) is 5.34. The molecule has 0 spiro atoms. The Morgan fingerprint density at radius 3 is 2.39 bits per heavy atom. The first kappa shape index (κ1) is 20.6. The fourth-order valence-corrected chi connectivity index (χ4v) is 6.72. The number of benzene rings is 2. The molecule has 164 valence electrons. The summed E-state index contributed by atoms with van der Waals surface area (Å²) in [6, 6.07) is 10.1. The van der Waals surface area contributed by atoms with Gasteiger partial charge in [0.05, 0.1) is 4.90 Å². The predicted molar refractivity (Wildman–Crippen MR) is 117 cm³/mol. The number of hydrogen-bond acceptors (Lipinski definition) is 3. The predicted octanol–water partition coefficient (Wildman–Crippen LogP) is 3.69. The largest absolute Gasteiger partial charge is 0.312 e. The van der Waals surface area contributed by atoms with Crippen LogP contribution in [0.1, 0.15) is 42.4 Å². The summed E-state index contributed by atoms with van der Waals surface area (Å²) in [6.07, 6.45) is 5.72. The van der Waals surface area contributed by atoms with E-state index in [0.717, 1.165) is 43.2 Å². The number of nitrogens with zero attached hydrogens (tertiary/aromatic N) is 2. The highest BCUT2D eigenvalue weighted by Crippen LogP contribution is 2.33. The summed E-state index contributed by atoms with van der Waals surface area (Å²) < 4.78 is 41.6. The molecule has 0 saturated carbocycles. The van der Waals surface area contributed by atoms with Crippen LogP contribution >= 0.6 is 0 Å². The minimum absolute atomic E-state index is 0.0128. The molecule has 0 radical (unpaired) electrons. The summed E-state index contributed by atoms with van der Waals surface area (Å²) in [6.45, 7) is 1.25. The summed E-state index contributed by atoms with van der Waals surface area (Å²) in [5.74, 6) is -0.587. The van der Waals surface area contributed by atoms with E-state index < -0.39 is 10.0 Å². The van der Waals surface area contributed by atoms with E-state index >= 15 is 0 Å². The van der Waals surface area contributed by atoms with E-state index in [2.05, 4.69) is 0 Å². The minimum atomic E-state index is -3.55. The van der Waals surface area contributed by atoms with Crippen molar-refractivity contribution in [1.29, 1.82) is 0 Å². The highest BCUT2D eigenvalue weighted by molar-refractivity contribution is 7.89. The highest BCUT2D eigenvalue weighted by atomic mass is 32.2. The maximum absolute atomic E-state index is 13.8. The summed E-state index contributed by atoms with van der Waals surface area (Å²) in [4.78, 5) is 15.3. The van der Waals surface area contributed by atoms with Gasteiger partial charge in [0.15, 0.2) is 0 Å². The van der Waals surface area contributed by atoms with Gasteiger partial charge in [-0.2, -0.15) is 4.31 Å². The van der Waals surface area contributed by atoms with Gasteiger partial charge in [-0.15, -0.1) is 0 Å². The molecule has 31 heavy (non-hydrogen) atoms. The van der Waals surface area contributed by atoms with Crippen molar-refractivity contribution in [2.24, 2.45) is 5.92 Å². The van der Waals surface area contributed by atoms with Crippen LogP contribution in [0.2, 0.25) is 0 Å². The molecule has 1 amide bonds. The molecule has 2 aromatic rings. The average Bonchev–Trinajstić information content (AvgIpc) is 3.26. The monoisotopic (exact) mass is 442 g/mol.